The predicted molar refractivity (Wildman–Crippen MR) is 61.4 cm³/mol. The molecule has 0 aliphatic heterocycles. The van der Waals surface area contributed by atoms with Gasteiger partial charge in [-0.25, -0.2) is 13.0 Å². The van der Waals surface area contributed by atoms with E-state index in [0.29, 0.717) is 6.42 Å². The van der Waals surface area contributed by atoms with Gasteiger partial charge in [-0.15, -0.1) is 0 Å². The van der Waals surface area contributed by atoms with Crippen LogP contribution in [0.5, 0.6) is 0 Å². The van der Waals surface area contributed by atoms with Gasteiger partial charge in [-0.05, 0) is 23.7 Å². The standard InChI is InChI=1S/C11H12N2O4S/c1-2-9(14)10-11(13-17-12-10)18(15,16)8-6-4-3-5-7-8/h3-7,9,14H,2H2,1H3. The molecule has 2 rings (SSSR count). The zero-order chi connectivity index (χ0) is 13.2. The van der Waals surface area contributed by atoms with Crippen LogP contribution in [0.3, 0.4) is 0 Å². The first-order valence-electron chi connectivity index (χ1n) is 5.38. The Kier molecular flexibility index (Phi) is 3.44. The van der Waals surface area contributed by atoms with Gasteiger partial charge in [0.05, 0.1) is 4.90 Å². The molecule has 0 aliphatic rings. The molecule has 0 saturated carbocycles. The third kappa shape index (κ3) is 2.14. The summed E-state index contributed by atoms with van der Waals surface area (Å²) in [6.45, 7) is 1.71. The maximum atomic E-state index is 12.3. The van der Waals surface area contributed by atoms with Crippen LogP contribution in [0.2, 0.25) is 0 Å². The third-order valence-corrected chi connectivity index (χ3v) is 4.18. The summed E-state index contributed by atoms with van der Waals surface area (Å²) in [5.74, 6) is 0. The molecule has 1 heterocycles. The summed E-state index contributed by atoms with van der Waals surface area (Å²) in [5, 5.41) is 16.2. The highest BCUT2D eigenvalue weighted by Gasteiger charge is 2.29. The van der Waals surface area contributed by atoms with E-state index in [9.17, 15) is 13.5 Å². The Bertz CT molecular complexity index is 622. The summed E-state index contributed by atoms with van der Waals surface area (Å²) >= 11 is 0. The van der Waals surface area contributed by atoms with Gasteiger partial charge < -0.3 is 5.11 Å². The summed E-state index contributed by atoms with van der Waals surface area (Å²) in [6, 6.07) is 7.83. The van der Waals surface area contributed by atoms with E-state index in [1.807, 2.05) is 0 Å². The number of aliphatic hydroxyl groups excluding tert-OH is 1. The number of rotatable bonds is 4. The Morgan fingerprint density at radius 3 is 2.56 bits per heavy atom. The van der Waals surface area contributed by atoms with Crippen molar-refractivity contribution in [1.29, 1.82) is 0 Å². The molecular weight excluding hydrogens is 256 g/mol. The molecule has 0 spiro atoms. The van der Waals surface area contributed by atoms with Crippen LogP contribution in [-0.2, 0) is 9.84 Å². The number of hydrogen-bond acceptors (Lipinski definition) is 6. The van der Waals surface area contributed by atoms with Crippen molar-refractivity contribution >= 4 is 9.84 Å². The molecule has 0 fully saturated rings. The fourth-order valence-corrected chi connectivity index (χ4v) is 2.80. The van der Waals surface area contributed by atoms with E-state index in [0.717, 1.165) is 0 Å². The number of aromatic nitrogens is 2. The minimum absolute atomic E-state index is 0.0543. The van der Waals surface area contributed by atoms with E-state index in [1.165, 1.54) is 12.1 Å². The normalized spacial score (nSPS) is 13.4. The number of aliphatic hydroxyl groups is 1. The highest BCUT2D eigenvalue weighted by atomic mass is 32.2. The molecule has 2 aromatic rings. The Hall–Kier alpha value is -1.73. The number of sulfone groups is 1. The van der Waals surface area contributed by atoms with Gasteiger partial charge in [0.2, 0.25) is 14.9 Å². The Balaban J connectivity index is 2.53. The van der Waals surface area contributed by atoms with Gasteiger partial charge in [-0.2, -0.15) is 0 Å². The first kappa shape index (κ1) is 12.7. The van der Waals surface area contributed by atoms with E-state index in [2.05, 4.69) is 14.9 Å². The molecule has 0 radical (unpaired) electrons. The number of hydrogen-bond donors (Lipinski definition) is 1. The number of nitrogens with zero attached hydrogens (tertiary/aromatic N) is 2. The topological polar surface area (TPSA) is 93.3 Å². The summed E-state index contributed by atoms with van der Waals surface area (Å²) in [5.41, 5.74) is -0.0543. The van der Waals surface area contributed by atoms with Crippen LogP contribution in [0.25, 0.3) is 0 Å². The van der Waals surface area contributed by atoms with Gasteiger partial charge in [-0.1, -0.05) is 30.3 Å². The molecule has 0 saturated heterocycles. The molecule has 6 nitrogen and oxygen atoms in total. The second-order valence-electron chi connectivity index (χ2n) is 3.70. The predicted octanol–water partition coefficient (Wildman–Crippen LogP) is 1.35. The Labute approximate surface area is 104 Å². The lowest BCUT2D eigenvalue weighted by atomic mass is 10.2. The first-order chi connectivity index (χ1) is 8.57. The van der Waals surface area contributed by atoms with Crippen LogP contribution in [0.4, 0.5) is 0 Å². The van der Waals surface area contributed by atoms with Gasteiger partial charge in [0.25, 0.3) is 0 Å². The maximum absolute atomic E-state index is 12.3. The van der Waals surface area contributed by atoms with Gasteiger partial charge in [0.1, 0.15) is 6.10 Å². The average molecular weight is 268 g/mol. The molecule has 18 heavy (non-hydrogen) atoms. The van der Waals surface area contributed by atoms with Gasteiger partial charge in [-0.3, -0.25) is 0 Å². The van der Waals surface area contributed by atoms with E-state index in [1.54, 1.807) is 25.1 Å². The van der Waals surface area contributed by atoms with Crippen molar-refractivity contribution in [2.75, 3.05) is 0 Å². The van der Waals surface area contributed by atoms with Crippen molar-refractivity contribution in [3.8, 4) is 0 Å². The van der Waals surface area contributed by atoms with E-state index >= 15 is 0 Å². The van der Waals surface area contributed by atoms with E-state index in [4.69, 9.17) is 0 Å². The average Bonchev–Trinajstić information content (AvgIpc) is 2.89. The summed E-state index contributed by atoms with van der Waals surface area (Å²) < 4.78 is 29.0. The maximum Gasteiger partial charge on any atom is 0.229 e. The van der Waals surface area contributed by atoms with Gasteiger partial charge in [0, 0.05) is 0 Å². The van der Waals surface area contributed by atoms with Crippen LogP contribution in [0.15, 0.2) is 44.9 Å². The lowest BCUT2D eigenvalue weighted by Crippen LogP contribution is -2.08. The van der Waals surface area contributed by atoms with Crippen LogP contribution < -0.4 is 0 Å². The fourth-order valence-electron chi connectivity index (χ4n) is 1.48. The van der Waals surface area contributed by atoms with Gasteiger partial charge >= 0.3 is 0 Å². The molecule has 1 atom stereocenters. The minimum Gasteiger partial charge on any atom is -0.387 e. The Morgan fingerprint density at radius 2 is 1.94 bits per heavy atom. The quantitative estimate of drug-likeness (QED) is 0.899. The molecule has 1 aromatic heterocycles. The molecule has 0 amide bonds. The van der Waals surface area contributed by atoms with Crippen molar-refractivity contribution < 1.29 is 18.2 Å². The summed E-state index contributed by atoms with van der Waals surface area (Å²) in [6.07, 6.45) is -0.685. The highest BCUT2D eigenvalue weighted by molar-refractivity contribution is 7.91. The van der Waals surface area contributed by atoms with Crippen molar-refractivity contribution in [2.45, 2.75) is 29.4 Å². The van der Waals surface area contributed by atoms with E-state index in [-0.39, 0.29) is 15.6 Å². The smallest absolute Gasteiger partial charge is 0.229 e. The summed E-state index contributed by atoms with van der Waals surface area (Å²) in [4.78, 5) is 0.0882. The van der Waals surface area contributed by atoms with Crippen LogP contribution in [0, 0.1) is 0 Å². The zero-order valence-corrected chi connectivity index (χ0v) is 10.5. The minimum atomic E-state index is -3.81. The fraction of sp³-hybridized carbons (Fsp3) is 0.273. The van der Waals surface area contributed by atoms with Crippen LogP contribution in [-0.4, -0.2) is 23.8 Å². The van der Waals surface area contributed by atoms with Crippen molar-refractivity contribution in [1.82, 2.24) is 10.3 Å². The zero-order valence-electron chi connectivity index (χ0n) is 9.65. The third-order valence-electron chi connectivity index (χ3n) is 2.49. The van der Waals surface area contributed by atoms with Crippen LogP contribution >= 0.6 is 0 Å². The molecule has 1 N–H and O–H groups in total. The van der Waals surface area contributed by atoms with Crippen LogP contribution in [0.1, 0.15) is 25.1 Å². The first-order valence-corrected chi connectivity index (χ1v) is 6.86. The molecule has 1 aromatic carbocycles. The molecular formula is C11H12N2O4S. The lowest BCUT2D eigenvalue weighted by molar-refractivity contribution is 0.160. The van der Waals surface area contributed by atoms with Crippen molar-refractivity contribution in [3.05, 3.63) is 36.0 Å². The second-order valence-corrected chi connectivity index (χ2v) is 5.56. The SMILES string of the molecule is CCC(O)c1nonc1S(=O)(=O)c1ccccc1. The second kappa shape index (κ2) is 4.87. The van der Waals surface area contributed by atoms with E-state index < -0.39 is 15.9 Å². The monoisotopic (exact) mass is 268 g/mol. The van der Waals surface area contributed by atoms with Gasteiger partial charge in [0.15, 0.2) is 5.69 Å². The van der Waals surface area contributed by atoms with Crippen molar-refractivity contribution in [2.24, 2.45) is 0 Å². The lowest BCUT2D eigenvalue weighted by Gasteiger charge is -2.05. The molecule has 0 bridgehead atoms. The molecule has 7 heteroatoms. The number of benzene rings is 1. The highest BCUT2D eigenvalue weighted by Crippen LogP contribution is 2.26. The molecule has 1 unspecified atom stereocenters. The van der Waals surface area contributed by atoms with Crippen molar-refractivity contribution in [3.63, 3.8) is 0 Å². The largest absolute Gasteiger partial charge is 0.387 e. The molecule has 96 valence electrons. The Morgan fingerprint density at radius 1 is 1.28 bits per heavy atom. The summed E-state index contributed by atoms with van der Waals surface area (Å²) in [7, 11) is -3.81. The molecule has 0 aliphatic carbocycles.